The van der Waals surface area contributed by atoms with Crippen LogP contribution in [0, 0.1) is 9.39 Å². The number of hydrogen-bond donors (Lipinski definition) is 0. The summed E-state index contributed by atoms with van der Waals surface area (Å²) < 4.78 is 17.9. The molecule has 0 saturated heterocycles. The second-order valence-corrected chi connectivity index (χ2v) is 3.65. The van der Waals surface area contributed by atoms with E-state index in [0.29, 0.717) is 9.13 Å². The Labute approximate surface area is 92.0 Å². The number of hydrogen-bond acceptors (Lipinski definition) is 2. The molecule has 1 aromatic rings. The zero-order chi connectivity index (χ0) is 9.84. The minimum absolute atomic E-state index is 0.131. The van der Waals surface area contributed by atoms with Crippen LogP contribution in [0.4, 0.5) is 4.39 Å². The Kier molecular flexibility index (Phi) is 3.85. The molecule has 67 valence electrons. The van der Waals surface area contributed by atoms with E-state index in [2.05, 4.69) is 10.2 Å². The van der Waals surface area contributed by atoms with E-state index in [1.54, 1.807) is 0 Å². The van der Waals surface area contributed by atoms with Crippen LogP contribution >= 0.6 is 22.6 Å². The lowest BCUT2D eigenvalue weighted by Crippen LogP contribution is -2.08. The van der Waals surface area contributed by atoms with E-state index in [1.165, 1.54) is 18.2 Å². The van der Waals surface area contributed by atoms with Gasteiger partial charge in [0, 0.05) is 3.57 Å². The van der Waals surface area contributed by atoms with Crippen molar-refractivity contribution < 1.29 is 13.9 Å². The highest BCUT2D eigenvalue weighted by molar-refractivity contribution is 14.1. The minimum Gasteiger partial charge on any atom is -0.467 e. The quantitative estimate of drug-likeness (QED) is 0.472. The van der Waals surface area contributed by atoms with Crippen molar-refractivity contribution in [3.63, 3.8) is 0 Å². The van der Waals surface area contributed by atoms with E-state index in [0.717, 1.165) is 0 Å². The number of ether oxygens (including phenoxy) is 1. The van der Waals surface area contributed by atoms with Crippen molar-refractivity contribution in [2.24, 2.45) is 0 Å². The first kappa shape index (κ1) is 10.6. The second-order valence-electron chi connectivity index (χ2n) is 2.20. The van der Waals surface area contributed by atoms with Crippen molar-refractivity contribution in [3.05, 3.63) is 33.1 Å². The number of halogens is 2. The largest absolute Gasteiger partial charge is 0.467 e. The van der Waals surface area contributed by atoms with Gasteiger partial charge in [0.15, 0.2) is 0 Å². The molecule has 0 fully saturated rings. The zero-order valence-electron chi connectivity index (χ0n) is 6.51. The van der Waals surface area contributed by atoms with Crippen LogP contribution in [0.3, 0.4) is 0 Å². The fourth-order valence-electron chi connectivity index (χ4n) is 0.798. The third-order valence-corrected chi connectivity index (χ3v) is 2.39. The van der Waals surface area contributed by atoms with Crippen LogP contribution in [0.5, 0.6) is 0 Å². The molecule has 0 atom stereocenters. The third-order valence-electron chi connectivity index (χ3n) is 1.35. The molecule has 13 heavy (non-hydrogen) atoms. The first-order valence-corrected chi connectivity index (χ1v) is 5.20. The summed E-state index contributed by atoms with van der Waals surface area (Å²) in [4.78, 5) is 11.2. The molecule has 0 heterocycles. The van der Waals surface area contributed by atoms with Crippen LogP contribution in [0.25, 0.3) is 0 Å². The van der Waals surface area contributed by atoms with E-state index >= 15 is 0 Å². The van der Waals surface area contributed by atoms with E-state index in [1.807, 2.05) is 22.6 Å². The van der Waals surface area contributed by atoms with Crippen molar-refractivity contribution in [3.8, 4) is 0 Å². The molecule has 0 bridgehead atoms. The molecule has 3 radical (unpaired) electrons. The molecule has 0 amide bonds. The first-order chi connectivity index (χ1) is 6.15. The van der Waals surface area contributed by atoms with Crippen molar-refractivity contribution in [1.82, 2.24) is 0 Å². The van der Waals surface area contributed by atoms with Crippen molar-refractivity contribution in [2.75, 3.05) is 6.23 Å². The number of carbonyl (C=O) groups excluding carboxylic acids is 1. The first-order valence-electron chi connectivity index (χ1n) is 3.42. The summed E-state index contributed by atoms with van der Waals surface area (Å²) >= 11 is 1.88. The molecular formula is C8H5FIO2Si. The van der Waals surface area contributed by atoms with E-state index < -0.39 is 5.97 Å². The Bertz CT molecular complexity index is 330. The summed E-state index contributed by atoms with van der Waals surface area (Å²) in [7, 11) is 3.01. The topological polar surface area (TPSA) is 26.3 Å². The number of rotatable bonds is 2. The van der Waals surface area contributed by atoms with Crippen molar-refractivity contribution >= 4 is 38.8 Å². The lowest BCUT2D eigenvalue weighted by molar-refractivity contribution is 0.0572. The van der Waals surface area contributed by atoms with Gasteiger partial charge in [0.2, 0.25) is 0 Å². The summed E-state index contributed by atoms with van der Waals surface area (Å²) in [6.45, 7) is 0. The molecule has 0 aliphatic rings. The SMILES string of the molecule is O=C(OC[Si])c1ccc(F)cc1I. The standard InChI is InChI=1S/C8H5FIO2Si/c9-5-1-2-6(7(10)3-5)8(11)12-4-13/h1-3H,4H2. The molecule has 5 heteroatoms. The second kappa shape index (κ2) is 4.71. The summed E-state index contributed by atoms with van der Waals surface area (Å²) in [6.07, 6.45) is 0.131. The summed E-state index contributed by atoms with van der Waals surface area (Å²) in [5.41, 5.74) is 0.375. The van der Waals surface area contributed by atoms with E-state index in [4.69, 9.17) is 4.74 Å². The van der Waals surface area contributed by atoms with Gasteiger partial charge in [-0.3, -0.25) is 0 Å². The van der Waals surface area contributed by atoms with Gasteiger partial charge in [-0.2, -0.15) is 0 Å². The van der Waals surface area contributed by atoms with Crippen LogP contribution in [0.15, 0.2) is 18.2 Å². The fraction of sp³-hybridized carbons (Fsp3) is 0.125. The average Bonchev–Trinajstić information content (AvgIpc) is 2.04. The van der Waals surface area contributed by atoms with E-state index in [9.17, 15) is 9.18 Å². The van der Waals surface area contributed by atoms with Crippen LogP contribution in [0.1, 0.15) is 10.4 Å². The average molecular weight is 307 g/mol. The predicted octanol–water partition coefficient (Wildman–Crippen LogP) is 1.71. The molecule has 0 spiro atoms. The van der Waals surface area contributed by atoms with Gasteiger partial charge in [0.05, 0.1) is 22.0 Å². The molecule has 1 aromatic carbocycles. The van der Waals surface area contributed by atoms with E-state index in [-0.39, 0.29) is 12.0 Å². The Morgan fingerprint density at radius 1 is 1.62 bits per heavy atom. The molecule has 0 aliphatic carbocycles. The molecule has 2 nitrogen and oxygen atoms in total. The maximum Gasteiger partial charge on any atom is 0.338 e. The molecule has 0 aliphatic heterocycles. The summed E-state index contributed by atoms with van der Waals surface area (Å²) in [6, 6.07) is 3.92. The Morgan fingerprint density at radius 2 is 2.31 bits per heavy atom. The van der Waals surface area contributed by atoms with Gasteiger partial charge in [0.1, 0.15) is 5.82 Å². The minimum atomic E-state index is -0.459. The molecule has 0 aromatic heterocycles. The molecule has 0 N–H and O–H groups in total. The maximum atomic E-state index is 12.6. The third kappa shape index (κ3) is 2.77. The Hall–Kier alpha value is -0.433. The maximum absolute atomic E-state index is 12.6. The smallest absolute Gasteiger partial charge is 0.338 e. The molecule has 0 unspecified atom stereocenters. The highest BCUT2D eigenvalue weighted by atomic mass is 127. The van der Waals surface area contributed by atoms with Gasteiger partial charge < -0.3 is 4.74 Å². The lowest BCUT2D eigenvalue weighted by Gasteiger charge is -2.03. The Balaban J connectivity index is 2.95. The number of esters is 1. The fourth-order valence-corrected chi connectivity index (χ4v) is 1.63. The molecular weight excluding hydrogens is 302 g/mol. The van der Waals surface area contributed by atoms with Gasteiger partial charge in [-0.25, -0.2) is 9.18 Å². The van der Waals surface area contributed by atoms with Crippen LogP contribution in [-0.4, -0.2) is 22.4 Å². The predicted molar refractivity (Wildman–Crippen MR) is 55.2 cm³/mol. The van der Waals surface area contributed by atoms with Crippen molar-refractivity contribution in [1.29, 1.82) is 0 Å². The van der Waals surface area contributed by atoms with Crippen LogP contribution < -0.4 is 0 Å². The monoisotopic (exact) mass is 307 g/mol. The van der Waals surface area contributed by atoms with Gasteiger partial charge in [0.25, 0.3) is 0 Å². The van der Waals surface area contributed by atoms with Gasteiger partial charge >= 0.3 is 5.97 Å². The normalized spacial score (nSPS) is 9.77. The summed E-state index contributed by atoms with van der Waals surface area (Å²) in [5, 5.41) is 0. The van der Waals surface area contributed by atoms with Crippen LogP contribution in [-0.2, 0) is 4.74 Å². The lowest BCUT2D eigenvalue weighted by atomic mass is 10.2. The highest BCUT2D eigenvalue weighted by Gasteiger charge is 2.10. The number of benzene rings is 1. The Morgan fingerprint density at radius 3 is 2.85 bits per heavy atom. The van der Waals surface area contributed by atoms with Crippen molar-refractivity contribution in [2.45, 2.75) is 0 Å². The summed E-state index contributed by atoms with van der Waals surface area (Å²) in [5.74, 6) is -0.821. The molecule has 1 rings (SSSR count). The van der Waals surface area contributed by atoms with Gasteiger partial charge in [-0.15, -0.1) is 0 Å². The number of carbonyl (C=O) groups is 1. The zero-order valence-corrected chi connectivity index (χ0v) is 9.67. The van der Waals surface area contributed by atoms with Gasteiger partial charge in [-0.1, -0.05) is 0 Å². The van der Waals surface area contributed by atoms with Gasteiger partial charge in [-0.05, 0) is 40.8 Å². The molecule has 0 saturated carbocycles. The van der Waals surface area contributed by atoms with Crippen LogP contribution in [0.2, 0.25) is 0 Å². The highest BCUT2D eigenvalue weighted by Crippen LogP contribution is 2.14.